The fourth-order valence-electron chi connectivity index (χ4n) is 1.51. The van der Waals surface area contributed by atoms with Gasteiger partial charge in [-0.25, -0.2) is 14.8 Å². The summed E-state index contributed by atoms with van der Waals surface area (Å²) in [5, 5.41) is 26.5. The number of nitrogens with zero attached hydrogens (tertiary/aromatic N) is 3. The predicted molar refractivity (Wildman–Crippen MR) is 76.5 cm³/mol. The lowest BCUT2D eigenvalue weighted by molar-refractivity contribution is -0.982. The minimum absolute atomic E-state index is 0.181. The summed E-state index contributed by atoms with van der Waals surface area (Å²) >= 11 is 0. The quantitative estimate of drug-likeness (QED) is 0.489. The lowest BCUT2D eigenvalue weighted by Gasteiger charge is -2.20. The Labute approximate surface area is 123 Å². The molecule has 1 heterocycles. The van der Waals surface area contributed by atoms with E-state index in [-0.39, 0.29) is 6.54 Å². The summed E-state index contributed by atoms with van der Waals surface area (Å²) < 4.78 is -0.267. The molecule has 1 aliphatic rings. The number of amidine groups is 1. The average molecular weight is 301 g/mol. The van der Waals surface area contributed by atoms with Crippen LogP contribution in [0.4, 0.5) is 0 Å². The van der Waals surface area contributed by atoms with Crippen LogP contribution < -0.4 is 0 Å². The van der Waals surface area contributed by atoms with Crippen molar-refractivity contribution in [3.63, 3.8) is 0 Å². The SMILES string of the molecule is C=CCC1=NC=C[N+]1(O)CC(=O)O.C[N+](C)(C)CC(=O)O. The smallest absolute Gasteiger partial charge is 0.363 e. The molecular formula is C13H23N3O5+2. The second-order valence-corrected chi connectivity index (χ2v) is 5.56. The van der Waals surface area contributed by atoms with E-state index in [0.29, 0.717) is 16.7 Å². The van der Waals surface area contributed by atoms with Crippen molar-refractivity contribution in [2.75, 3.05) is 34.2 Å². The number of quaternary nitrogens is 2. The van der Waals surface area contributed by atoms with Crippen LogP contribution in [0.2, 0.25) is 0 Å². The molecule has 1 atom stereocenters. The normalized spacial score (nSPS) is 20.3. The van der Waals surface area contributed by atoms with Crippen LogP contribution >= 0.6 is 0 Å². The highest BCUT2D eigenvalue weighted by atomic mass is 16.6. The fourth-order valence-corrected chi connectivity index (χ4v) is 1.51. The number of likely N-dealkylation sites (N-methyl/N-ethyl adjacent to an activating group) is 1. The monoisotopic (exact) mass is 301 g/mol. The average Bonchev–Trinajstić information content (AvgIpc) is 2.56. The van der Waals surface area contributed by atoms with Crippen molar-refractivity contribution in [1.29, 1.82) is 0 Å². The molecule has 1 unspecified atom stereocenters. The Morgan fingerprint density at radius 3 is 2.24 bits per heavy atom. The van der Waals surface area contributed by atoms with Crippen LogP contribution in [0, 0.1) is 0 Å². The number of hydrogen-bond donors (Lipinski definition) is 3. The Balaban J connectivity index is 0.000000433. The van der Waals surface area contributed by atoms with Crippen LogP contribution in [-0.4, -0.2) is 76.6 Å². The van der Waals surface area contributed by atoms with Gasteiger partial charge in [0.05, 0.1) is 33.8 Å². The molecule has 0 saturated heterocycles. The number of rotatable bonds is 6. The maximum Gasteiger partial charge on any atom is 0.363 e. The minimum Gasteiger partial charge on any atom is -0.477 e. The summed E-state index contributed by atoms with van der Waals surface area (Å²) in [5.41, 5.74) is 0. The molecule has 0 spiro atoms. The molecule has 0 fully saturated rings. The van der Waals surface area contributed by atoms with Gasteiger partial charge in [0, 0.05) is 0 Å². The third kappa shape index (κ3) is 7.98. The van der Waals surface area contributed by atoms with Gasteiger partial charge in [-0.05, 0) is 0 Å². The van der Waals surface area contributed by atoms with E-state index in [0.717, 1.165) is 0 Å². The Hall–Kier alpha value is -2.03. The number of aliphatic carboxylic acids is 2. The van der Waals surface area contributed by atoms with Gasteiger partial charge in [-0.15, -0.1) is 6.58 Å². The molecule has 3 N–H and O–H groups in total. The molecule has 0 aliphatic carbocycles. The molecule has 0 aromatic heterocycles. The molecule has 1 aliphatic heterocycles. The van der Waals surface area contributed by atoms with Crippen molar-refractivity contribution in [1.82, 2.24) is 0 Å². The molecule has 1 rings (SSSR count). The third-order valence-electron chi connectivity index (χ3n) is 2.30. The molecule has 0 radical (unpaired) electrons. The third-order valence-corrected chi connectivity index (χ3v) is 2.30. The van der Waals surface area contributed by atoms with E-state index in [4.69, 9.17) is 10.2 Å². The molecule has 0 aromatic carbocycles. The van der Waals surface area contributed by atoms with Crippen LogP contribution in [0.15, 0.2) is 30.0 Å². The lowest BCUT2D eigenvalue weighted by Crippen LogP contribution is -2.46. The highest BCUT2D eigenvalue weighted by Crippen LogP contribution is 2.15. The van der Waals surface area contributed by atoms with E-state index in [1.165, 1.54) is 12.4 Å². The zero-order valence-corrected chi connectivity index (χ0v) is 12.6. The summed E-state index contributed by atoms with van der Waals surface area (Å²) in [7, 11) is 5.52. The second-order valence-electron chi connectivity index (χ2n) is 5.56. The van der Waals surface area contributed by atoms with Crippen LogP contribution in [0.1, 0.15) is 6.42 Å². The Kier molecular flexibility index (Phi) is 6.93. The van der Waals surface area contributed by atoms with Crippen molar-refractivity contribution in [2.45, 2.75) is 6.42 Å². The number of aliphatic imine (C=N–C) groups is 1. The molecule has 0 aromatic rings. The summed E-state index contributed by atoms with van der Waals surface area (Å²) in [6.07, 6.45) is 4.66. The van der Waals surface area contributed by atoms with E-state index < -0.39 is 23.1 Å². The number of carbonyl (C=O) groups is 2. The summed E-state index contributed by atoms with van der Waals surface area (Å²) in [4.78, 5) is 24.3. The fraction of sp³-hybridized carbons (Fsp3) is 0.462. The maximum absolute atomic E-state index is 10.4. The van der Waals surface area contributed by atoms with Crippen LogP contribution in [0.5, 0.6) is 0 Å². The van der Waals surface area contributed by atoms with Gasteiger partial charge in [0.1, 0.15) is 0 Å². The van der Waals surface area contributed by atoms with Crippen molar-refractivity contribution >= 4 is 17.8 Å². The van der Waals surface area contributed by atoms with Gasteiger partial charge in [-0.3, -0.25) is 0 Å². The lowest BCUT2D eigenvalue weighted by atomic mass is 10.3. The van der Waals surface area contributed by atoms with Crippen LogP contribution in [0.3, 0.4) is 0 Å². The summed E-state index contributed by atoms with van der Waals surface area (Å²) in [6.45, 7) is 3.26. The molecule has 0 bridgehead atoms. The highest BCUT2D eigenvalue weighted by molar-refractivity contribution is 5.81. The first-order valence-corrected chi connectivity index (χ1v) is 6.20. The zero-order chi connectivity index (χ0) is 16.7. The van der Waals surface area contributed by atoms with Gasteiger partial charge in [-0.1, -0.05) is 10.7 Å². The minimum atomic E-state index is -1.08. The molecule has 8 heteroatoms. The molecule has 118 valence electrons. The molecule has 0 amide bonds. The first-order valence-electron chi connectivity index (χ1n) is 6.20. The standard InChI is InChI=1S/C8H10N2O3.C5H11NO2/c1-2-3-7-9-4-5-10(7,13)6-8(11)12;1-6(2,3)4-5(7)8/h2,4-5,13H,1,3,6H2;4H2,1-3H3/p+2. The van der Waals surface area contributed by atoms with E-state index in [9.17, 15) is 14.8 Å². The first kappa shape index (κ1) is 19.0. The van der Waals surface area contributed by atoms with Gasteiger partial charge >= 0.3 is 11.9 Å². The van der Waals surface area contributed by atoms with E-state index >= 15 is 0 Å². The number of carboxylic acids is 2. The summed E-state index contributed by atoms with van der Waals surface area (Å²) in [6, 6.07) is 0. The van der Waals surface area contributed by atoms with E-state index in [1.54, 1.807) is 6.08 Å². The molecule has 0 saturated carbocycles. The van der Waals surface area contributed by atoms with Gasteiger partial charge in [0.15, 0.2) is 12.7 Å². The Bertz CT molecular complexity index is 465. The van der Waals surface area contributed by atoms with Crippen LogP contribution in [-0.2, 0) is 9.59 Å². The first-order chi connectivity index (χ1) is 9.50. The highest BCUT2D eigenvalue weighted by Gasteiger charge is 2.36. The van der Waals surface area contributed by atoms with Crippen LogP contribution in [0.25, 0.3) is 0 Å². The second kappa shape index (κ2) is 7.67. The number of carboxylic acid groups (broad SMARTS) is 2. The summed E-state index contributed by atoms with van der Waals surface area (Å²) in [5.74, 6) is -1.46. The van der Waals surface area contributed by atoms with Crippen molar-refractivity contribution in [2.24, 2.45) is 4.99 Å². The predicted octanol–water partition coefficient (Wildman–Crippen LogP) is 0.514. The molecule has 21 heavy (non-hydrogen) atoms. The zero-order valence-electron chi connectivity index (χ0n) is 12.6. The molecular weight excluding hydrogens is 278 g/mol. The van der Waals surface area contributed by atoms with Gasteiger partial charge < -0.3 is 14.7 Å². The van der Waals surface area contributed by atoms with Gasteiger partial charge in [0.25, 0.3) is 0 Å². The topological polar surface area (TPSA) is 107 Å². The van der Waals surface area contributed by atoms with E-state index in [1.807, 2.05) is 21.1 Å². The van der Waals surface area contributed by atoms with Crippen molar-refractivity contribution in [3.8, 4) is 0 Å². The van der Waals surface area contributed by atoms with Crippen molar-refractivity contribution < 1.29 is 34.1 Å². The Morgan fingerprint density at radius 1 is 1.33 bits per heavy atom. The number of hydroxylamine groups is 3. The maximum atomic E-state index is 10.4. The number of hydrogen-bond acceptors (Lipinski definition) is 4. The largest absolute Gasteiger partial charge is 0.477 e. The Morgan fingerprint density at radius 2 is 1.90 bits per heavy atom. The molecule has 8 nitrogen and oxygen atoms in total. The van der Waals surface area contributed by atoms with Gasteiger partial charge in [-0.2, -0.15) is 4.99 Å². The van der Waals surface area contributed by atoms with E-state index in [2.05, 4.69) is 11.6 Å². The van der Waals surface area contributed by atoms with Crippen molar-refractivity contribution in [3.05, 3.63) is 25.1 Å². The van der Waals surface area contributed by atoms with Gasteiger partial charge in [0.2, 0.25) is 12.4 Å².